The van der Waals surface area contributed by atoms with Crippen LogP contribution in [0, 0.1) is 0 Å². The number of benzene rings is 1. The molecule has 1 aliphatic rings. The highest BCUT2D eigenvalue weighted by atomic mass is 32.1. The van der Waals surface area contributed by atoms with Crippen LogP contribution in [0.1, 0.15) is 23.3 Å². The van der Waals surface area contributed by atoms with E-state index in [0.29, 0.717) is 0 Å². The molecule has 1 N–H and O–H groups in total. The topological polar surface area (TPSA) is 34.1 Å². The molecule has 0 bridgehead atoms. The number of hydrogen-bond donors (Lipinski definition) is 1. The predicted octanol–water partition coefficient (Wildman–Crippen LogP) is 3.40. The minimum Gasteiger partial charge on any atom is -0.356 e. The number of piperazine rings is 1. The standard InChI is InChI=1S/C24H37N5S/c1-25-24(27(2)15-12-23-11-8-20-30-23)26-13-6-7-14-28-16-18-29(19-17-28)21-22-9-4-3-5-10-22/h3-5,8-11,20H,6-7,12-19,21H2,1-2H3,(H,25,26). The van der Waals surface area contributed by atoms with Crippen LogP contribution >= 0.6 is 11.3 Å². The van der Waals surface area contributed by atoms with Gasteiger partial charge in [0.1, 0.15) is 0 Å². The molecule has 6 heteroatoms. The maximum atomic E-state index is 4.44. The molecule has 0 atom stereocenters. The SMILES string of the molecule is CN=C(NCCCCN1CCN(Cc2ccccc2)CC1)N(C)CCc1cccs1. The van der Waals surface area contributed by atoms with E-state index in [1.165, 1.54) is 56.0 Å². The summed E-state index contributed by atoms with van der Waals surface area (Å²) >= 11 is 1.83. The van der Waals surface area contributed by atoms with Gasteiger partial charge in [0.2, 0.25) is 0 Å². The summed E-state index contributed by atoms with van der Waals surface area (Å²) in [6.45, 7) is 8.99. The first-order valence-electron chi connectivity index (χ1n) is 11.2. The Labute approximate surface area is 186 Å². The highest BCUT2D eigenvalue weighted by Gasteiger charge is 2.16. The van der Waals surface area contributed by atoms with Gasteiger partial charge in [0.05, 0.1) is 0 Å². The maximum absolute atomic E-state index is 4.44. The van der Waals surface area contributed by atoms with E-state index >= 15 is 0 Å². The molecule has 0 amide bonds. The van der Waals surface area contributed by atoms with Gasteiger partial charge in [-0.1, -0.05) is 36.4 Å². The van der Waals surface area contributed by atoms with Gasteiger partial charge < -0.3 is 15.1 Å². The molecule has 30 heavy (non-hydrogen) atoms. The fourth-order valence-corrected chi connectivity index (χ4v) is 4.59. The molecule has 1 aromatic carbocycles. The van der Waals surface area contributed by atoms with Gasteiger partial charge in [-0.25, -0.2) is 0 Å². The number of rotatable bonds is 10. The van der Waals surface area contributed by atoms with Crippen molar-refractivity contribution in [2.45, 2.75) is 25.8 Å². The number of hydrogen-bond acceptors (Lipinski definition) is 4. The summed E-state index contributed by atoms with van der Waals surface area (Å²) in [6, 6.07) is 15.1. The molecule has 0 unspecified atom stereocenters. The third kappa shape index (κ3) is 7.74. The number of thiophene rings is 1. The van der Waals surface area contributed by atoms with Crippen LogP contribution in [0.25, 0.3) is 0 Å². The van der Waals surface area contributed by atoms with Crippen LogP contribution < -0.4 is 5.32 Å². The zero-order valence-electron chi connectivity index (χ0n) is 18.6. The lowest BCUT2D eigenvalue weighted by Gasteiger charge is -2.34. The van der Waals surface area contributed by atoms with Crippen LogP contribution in [0.15, 0.2) is 52.8 Å². The summed E-state index contributed by atoms with van der Waals surface area (Å²) in [5.41, 5.74) is 1.42. The molecule has 0 spiro atoms. The van der Waals surface area contributed by atoms with E-state index in [1.54, 1.807) is 0 Å². The molecule has 0 radical (unpaired) electrons. The Morgan fingerprint density at radius 2 is 1.80 bits per heavy atom. The number of likely N-dealkylation sites (N-methyl/N-ethyl adjacent to an activating group) is 1. The van der Waals surface area contributed by atoms with Crippen molar-refractivity contribution in [3.8, 4) is 0 Å². The zero-order chi connectivity index (χ0) is 21.0. The minimum atomic E-state index is 0.990. The molecular formula is C24H37N5S. The third-order valence-corrected chi connectivity index (χ3v) is 6.68. The second kappa shape index (κ2) is 12.7. The van der Waals surface area contributed by atoms with E-state index < -0.39 is 0 Å². The van der Waals surface area contributed by atoms with Crippen LogP contribution in [0.5, 0.6) is 0 Å². The smallest absolute Gasteiger partial charge is 0.193 e. The van der Waals surface area contributed by atoms with Gasteiger partial charge in [0, 0.05) is 64.8 Å². The van der Waals surface area contributed by atoms with Gasteiger partial charge in [0.15, 0.2) is 5.96 Å². The molecule has 1 saturated heterocycles. The first-order chi connectivity index (χ1) is 14.7. The van der Waals surface area contributed by atoms with Crippen LogP contribution in [0.3, 0.4) is 0 Å². The van der Waals surface area contributed by atoms with Gasteiger partial charge in [-0.15, -0.1) is 11.3 Å². The van der Waals surface area contributed by atoms with E-state index in [9.17, 15) is 0 Å². The summed E-state index contributed by atoms with van der Waals surface area (Å²) in [5.74, 6) is 1.00. The van der Waals surface area contributed by atoms with Crippen LogP contribution in [0.2, 0.25) is 0 Å². The van der Waals surface area contributed by atoms with Crippen molar-refractivity contribution in [2.75, 3.05) is 59.9 Å². The van der Waals surface area contributed by atoms with Crippen molar-refractivity contribution >= 4 is 17.3 Å². The van der Waals surface area contributed by atoms with Crippen LogP contribution in [-0.2, 0) is 13.0 Å². The highest BCUT2D eigenvalue weighted by Crippen LogP contribution is 2.10. The van der Waals surface area contributed by atoms with Gasteiger partial charge >= 0.3 is 0 Å². The normalized spacial score (nSPS) is 16.0. The highest BCUT2D eigenvalue weighted by molar-refractivity contribution is 7.09. The maximum Gasteiger partial charge on any atom is 0.193 e. The molecule has 0 aliphatic carbocycles. The zero-order valence-corrected chi connectivity index (χ0v) is 19.4. The summed E-state index contributed by atoms with van der Waals surface area (Å²) in [5, 5.41) is 5.67. The fraction of sp³-hybridized carbons (Fsp3) is 0.542. The molecular weight excluding hydrogens is 390 g/mol. The van der Waals surface area contributed by atoms with Crippen molar-refractivity contribution < 1.29 is 0 Å². The Kier molecular flexibility index (Phi) is 9.67. The second-order valence-electron chi connectivity index (χ2n) is 8.04. The van der Waals surface area contributed by atoms with Gasteiger partial charge in [-0.05, 0) is 42.8 Å². The lowest BCUT2D eigenvalue weighted by atomic mass is 10.2. The molecule has 164 valence electrons. The van der Waals surface area contributed by atoms with Gasteiger partial charge in [-0.2, -0.15) is 0 Å². The number of guanidine groups is 1. The number of aliphatic imine (C=N–C) groups is 1. The summed E-state index contributed by atoms with van der Waals surface area (Å²) in [6.07, 6.45) is 3.49. The van der Waals surface area contributed by atoms with E-state index in [2.05, 4.69) is 79.9 Å². The summed E-state index contributed by atoms with van der Waals surface area (Å²) in [4.78, 5) is 13.3. The largest absolute Gasteiger partial charge is 0.356 e. The molecule has 3 rings (SSSR count). The monoisotopic (exact) mass is 427 g/mol. The first kappa shape index (κ1) is 22.8. The quantitative estimate of drug-likeness (QED) is 0.358. The Morgan fingerprint density at radius 3 is 2.50 bits per heavy atom. The Balaban J connectivity index is 1.24. The molecule has 1 aliphatic heterocycles. The van der Waals surface area contributed by atoms with Gasteiger partial charge in [-0.3, -0.25) is 9.89 Å². The molecule has 1 aromatic heterocycles. The summed E-state index contributed by atoms with van der Waals surface area (Å²) in [7, 11) is 4.00. The van der Waals surface area contributed by atoms with Gasteiger partial charge in [0.25, 0.3) is 0 Å². The predicted molar refractivity (Wildman–Crippen MR) is 129 cm³/mol. The van der Waals surface area contributed by atoms with Crippen molar-refractivity contribution in [2.24, 2.45) is 4.99 Å². The molecule has 1 fully saturated rings. The average Bonchev–Trinajstić information content (AvgIpc) is 3.30. The third-order valence-electron chi connectivity index (χ3n) is 5.75. The number of nitrogens with zero attached hydrogens (tertiary/aromatic N) is 4. The van der Waals surface area contributed by atoms with E-state index in [1.807, 2.05) is 18.4 Å². The van der Waals surface area contributed by atoms with Crippen molar-refractivity contribution in [1.29, 1.82) is 0 Å². The minimum absolute atomic E-state index is 0.990. The lowest BCUT2D eigenvalue weighted by Crippen LogP contribution is -2.46. The van der Waals surface area contributed by atoms with Crippen LogP contribution in [-0.4, -0.2) is 80.6 Å². The second-order valence-corrected chi connectivity index (χ2v) is 9.07. The Hall–Kier alpha value is -1.89. The Morgan fingerprint density at radius 1 is 1.03 bits per heavy atom. The molecule has 0 saturated carbocycles. The molecule has 2 aromatic rings. The van der Waals surface area contributed by atoms with Crippen LogP contribution in [0.4, 0.5) is 0 Å². The van der Waals surface area contributed by atoms with E-state index in [0.717, 1.165) is 32.0 Å². The van der Waals surface area contributed by atoms with Crippen molar-refractivity contribution in [1.82, 2.24) is 20.0 Å². The average molecular weight is 428 g/mol. The fourth-order valence-electron chi connectivity index (χ4n) is 3.90. The van der Waals surface area contributed by atoms with Crippen molar-refractivity contribution in [3.63, 3.8) is 0 Å². The molecule has 5 nitrogen and oxygen atoms in total. The van der Waals surface area contributed by atoms with E-state index in [4.69, 9.17) is 0 Å². The van der Waals surface area contributed by atoms with E-state index in [-0.39, 0.29) is 0 Å². The summed E-state index contributed by atoms with van der Waals surface area (Å²) < 4.78 is 0. The van der Waals surface area contributed by atoms with Crippen molar-refractivity contribution in [3.05, 3.63) is 58.3 Å². The number of unbranched alkanes of at least 4 members (excludes halogenated alkanes) is 1. The molecule has 2 heterocycles. The lowest BCUT2D eigenvalue weighted by molar-refractivity contribution is 0.126. The first-order valence-corrected chi connectivity index (χ1v) is 12.1. The number of nitrogens with one attached hydrogen (secondary N) is 1. The Bertz CT molecular complexity index is 723.